The summed E-state index contributed by atoms with van der Waals surface area (Å²) in [7, 11) is 4.12. The van der Waals surface area contributed by atoms with Crippen LogP contribution < -0.4 is 10.6 Å². The number of rotatable bonds is 5. The van der Waals surface area contributed by atoms with Gasteiger partial charge in [-0.25, -0.2) is 0 Å². The number of hydrogen-bond acceptors (Lipinski definition) is 3. The van der Waals surface area contributed by atoms with E-state index in [1.807, 2.05) is 54.4 Å². The van der Waals surface area contributed by atoms with Crippen LogP contribution in [0.5, 0.6) is 0 Å². The smallest absolute Gasteiger partial charge is 0.244 e. The summed E-state index contributed by atoms with van der Waals surface area (Å²) < 4.78 is 0. The van der Waals surface area contributed by atoms with Gasteiger partial charge >= 0.3 is 0 Å². The summed E-state index contributed by atoms with van der Waals surface area (Å²) >= 11 is 6.25. The van der Waals surface area contributed by atoms with E-state index in [2.05, 4.69) is 30.0 Å². The molecule has 0 fully saturated rings. The van der Waals surface area contributed by atoms with Crippen LogP contribution in [0.15, 0.2) is 48.7 Å². The average Bonchev–Trinajstić information content (AvgIpc) is 3.15. The van der Waals surface area contributed by atoms with E-state index in [0.717, 1.165) is 40.7 Å². The zero-order valence-electron chi connectivity index (χ0n) is 17.7. The number of aromatic nitrogens is 1. The molecule has 4 rings (SSSR count). The van der Waals surface area contributed by atoms with Gasteiger partial charge in [0.25, 0.3) is 0 Å². The monoisotopic (exact) mass is 424 g/mol. The van der Waals surface area contributed by atoms with E-state index in [4.69, 9.17) is 17.3 Å². The molecule has 6 heteroatoms. The molecule has 0 radical (unpaired) electrons. The highest BCUT2D eigenvalue weighted by atomic mass is 35.5. The number of nitrogens with two attached hydrogens (primary N) is 1. The quantitative estimate of drug-likeness (QED) is 0.650. The molecule has 1 aliphatic heterocycles. The maximum Gasteiger partial charge on any atom is 0.244 e. The number of para-hydroxylation sites is 1. The highest BCUT2D eigenvalue weighted by Crippen LogP contribution is 2.34. The zero-order chi connectivity index (χ0) is 21.4. The summed E-state index contributed by atoms with van der Waals surface area (Å²) in [5.41, 5.74) is 10.7. The van der Waals surface area contributed by atoms with E-state index < -0.39 is 6.04 Å². The lowest BCUT2D eigenvalue weighted by Crippen LogP contribution is -2.51. The second kappa shape index (κ2) is 8.42. The van der Waals surface area contributed by atoms with Crippen molar-refractivity contribution in [1.82, 2.24) is 9.88 Å². The Morgan fingerprint density at radius 2 is 2.07 bits per heavy atom. The molecule has 30 heavy (non-hydrogen) atoms. The van der Waals surface area contributed by atoms with Gasteiger partial charge < -0.3 is 20.5 Å². The standard InChI is InChI=1S/C24H29ClN4O/c1-15(20-12-27-21-7-5-4-6-19(20)21)23(26)24(30)29-14-16(13-28(2)3)10-17-11-18(25)8-9-22(17)29/h4-9,11-12,15-16,23,27H,10,13-14,26H2,1-3H3. The van der Waals surface area contributed by atoms with Crippen molar-refractivity contribution < 1.29 is 4.79 Å². The SMILES string of the molecule is CC(c1c[nH]c2ccccc12)C(N)C(=O)N1CC(CN(C)C)Cc2cc(Cl)ccc21. The summed E-state index contributed by atoms with van der Waals surface area (Å²) in [6.07, 6.45) is 2.88. The number of nitrogens with one attached hydrogen (secondary N) is 1. The second-order valence-electron chi connectivity index (χ2n) is 8.66. The summed E-state index contributed by atoms with van der Waals surface area (Å²) in [5.74, 6) is 0.184. The average molecular weight is 425 g/mol. The Labute approximate surface area is 182 Å². The maximum atomic E-state index is 13.6. The van der Waals surface area contributed by atoms with Crippen molar-refractivity contribution in [3.05, 3.63) is 64.8 Å². The molecule has 2 heterocycles. The molecule has 0 saturated carbocycles. The number of amides is 1. The van der Waals surface area contributed by atoms with Crippen LogP contribution >= 0.6 is 11.6 Å². The van der Waals surface area contributed by atoms with Crippen molar-refractivity contribution in [2.75, 3.05) is 32.1 Å². The molecule has 158 valence electrons. The molecule has 1 aromatic heterocycles. The summed E-state index contributed by atoms with van der Waals surface area (Å²) in [6.45, 7) is 3.60. The number of carbonyl (C=O) groups excluding carboxylic acids is 1. The zero-order valence-corrected chi connectivity index (χ0v) is 18.5. The van der Waals surface area contributed by atoms with Crippen molar-refractivity contribution in [3.8, 4) is 0 Å². The molecule has 0 spiro atoms. The van der Waals surface area contributed by atoms with Crippen molar-refractivity contribution >= 4 is 34.1 Å². The molecule has 0 bridgehead atoms. The predicted octanol–water partition coefficient (Wildman–Crippen LogP) is 4.02. The Kier molecular flexibility index (Phi) is 5.87. The van der Waals surface area contributed by atoms with Gasteiger partial charge in [-0.05, 0) is 61.8 Å². The first kappa shape index (κ1) is 20.9. The molecule has 1 amide bonds. The van der Waals surface area contributed by atoms with Gasteiger partial charge in [0.1, 0.15) is 0 Å². The predicted molar refractivity (Wildman–Crippen MR) is 124 cm³/mol. The van der Waals surface area contributed by atoms with Crippen molar-refractivity contribution in [2.24, 2.45) is 11.7 Å². The summed E-state index contributed by atoms with van der Waals surface area (Å²) in [4.78, 5) is 20.9. The third-order valence-electron chi connectivity index (χ3n) is 6.11. The molecule has 3 unspecified atom stereocenters. The summed E-state index contributed by atoms with van der Waals surface area (Å²) in [6, 6.07) is 13.3. The Balaban J connectivity index is 1.63. The molecule has 2 aromatic carbocycles. The molecule has 5 nitrogen and oxygen atoms in total. The molecule has 0 aliphatic carbocycles. The van der Waals surface area contributed by atoms with Gasteiger partial charge in [-0.2, -0.15) is 0 Å². The van der Waals surface area contributed by atoms with Crippen LogP contribution in [0.1, 0.15) is 24.0 Å². The van der Waals surface area contributed by atoms with E-state index in [-0.39, 0.29) is 11.8 Å². The summed E-state index contributed by atoms with van der Waals surface area (Å²) in [5, 5.41) is 1.81. The van der Waals surface area contributed by atoms with Crippen LogP contribution in [0, 0.1) is 5.92 Å². The van der Waals surface area contributed by atoms with Gasteiger partial charge in [0, 0.05) is 46.8 Å². The molecular formula is C24H29ClN4O. The highest BCUT2D eigenvalue weighted by molar-refractivity contribution is 6.30. The molecule has 3 aromatic rings. The molecule has 0 saturated heterocycles. The van der Waals surface area contributed by atoms with E-state index in [9.17, 15) is 4.79 Å². The Morgan fingerprint density at radius 3 is 2.83 bits per heavy atom. The van der Waals surface area contributed by atoms with Crippen molar-refractivity contribution in [3.63, 3.8) is 0 Å². The van der Waals surface area contributed by atoms with Gasteiger partial charge in [-0.3, -0.25) is 4.79 Å². The highest BCUT2D eigenvalue weighted by Gasteiger charge is 2.34. The lowest BCUT2D eigenvalue weighted by molar-refractivity contribution is -0.120. The van der Waals surface area contributed by atoms with Crippen LogP contribution in [0.3, 0.4) is 0 Å². The third-order valence-corrected chi connectivity index (χ3v) is 6.34. The fraction of sp³-hybridized carbons (Fsp3) is 0.375. The number of aromatic amines is 1. The first-order chi connectivity index (χ1) is 14.3. The van der Waals surface area contributed by atoms with Crippen LogP contribution in [0.4, 0.5) is 5.69 Å². The van der Waals surface area contributed by atoms with Gasteiger partial charge in [-0.15, -0.1) is 0 Å². The number of nitrogens with zero attached hydrogens (tertiary/aromatic N) is 2. The molecule has 3 N–H and O–H groups in total. The topological polar surface area (TPSA) is 65.4 Å². The largest absolute Gasteiger partial charge is 0.361 e. The number of benzene rings is 2. The van der Waals surface area contributed by atoms with Gasteiger partial charge in [-0.1, -0.05) is 36.7 Å². The van der Waals surface area contributed by atoms with E-state index in [1.54, 1.807) is 0 Å². The first-order valence-electron chi connectivity index (χ1n) is 10.4. The minimum absolute atomic E-state index is 0.0418. The molecule has 1 aliphatic rings. The van der Waals surface area contributed by atoms with Crippen molar-refractivity contribution in [2.45, 2.75) is 25.3 Å². The number of fused-ring (bicyclic) bond motifs is 2. The van der Waals surface area contributed by atoms with E-state index in [0.29, 0.717) is 17.5 Å². The maximum absolute atomic E-state index is 13.6. The molecular weight excluding hydrogens is 396 g/mol. The van der Waals surface area contributed by atoms with E-state index in [1.165, 1.54) is 0 Å². The van der Waals surface area contributed by atoms with Crippen LogP contribution in [-0.2, 0) is 11.2 Å². The minimum atomic E-state index is -0.633. The number of H-pyrrole nitrogens is 1. The Bertz CT molecular complexity index is 1060. The first-order valence-corrected chi connectivity index (χ1v) is 10.8. The van der Waals surface area contributed by atoms with E-state index >= 15 is 0 Å². The molecule has 3 atom stereocenters. The Hall–Kier alpha value is -2.34. The van der Waals surface area contributed by atoms with Crippen LogP contribution in [-0.4, -0.2) is 49.0 Å². The number of carbonyl (C=O) groups is 1. The van der Waals surface area contributed by atoms with Crippen LogP contribution in [0.25, 0.3) is 10.9 Å². The number of hydrogen-bond donors (Lipinski definition) is 2. The van der Waals surface area contributed by atoms with Gasteiger partial charge in [0.15, 0.2) is 0 Å². The lowest BCUT2D eigenvalue weighted by Gasteiger charge is -2.38. The lowest BCUT2D eigenvalue weighted by atomic mass is 9.89. The van der Waals surface area contributed by atoms with Crippen molar-refractivity contribution in [1.29, 1.82) is 0 Å². The normalized spacial score (nSPS) is 18.5. The van der Waals surface area contributed by atoms with Crippen LogP contribution in [0.2, 0.25) is 5.02 Å². The fourth-order valence-corrected chi connectivity index (χ4v) is 4.81. The minimum Gasteiger partial charge on any atom is -0.361 e. The third kappa shape index (κ3) is 3.97. The van der Waals surface area contributed by atoms with Gasteiger partial charge in [0.05, 0.1) is 6.04 Å². The number of halogens is 1. The number of anilines is 1. The fourth-order valence-electron chi connectivity index (χ4n) is 4.62. The Morgan fingerprint density at radius 1 is 1.30 bits per heavy atom. The van der Waals surface area contributed by atoms with Gasteiger partial charge in [0.2, 0.25) is 5.91 Å². The second-order valence-corrected chi connectivity index (χ2v) is 9.09.